The van der Waals surface area contributed by atoms with Gasteiger partial charge in [-0.1, -0.05) is 30.0 Å². The molecular formula is C16H16N2O2S2. The van der Waals surface area contributed by atoms with E-state index in [0.717, 1.165) is 12.1 Å². The lowest BCUT2D eigenvalue weighted by atomic mass is 10.1. The molecule has 114 valence electrons. The van der Waals surface area contributed by atoms with Gasteiger partial charge in [-0.25, -0.2) is 0 Å². The fourth-order valence-corrected chi connectivity index (χ4v) is 3.56. The van der Waals surface area contributed by atoms with Crippen LogP contribution in [0, 0.1) is 0 Å². The van der Waals surface area contributed by atoms with Crippen molar-refractivity contribution in [1.29, 1.82) is 0 Å². The summed E-state index contributed by atoms with van der Waals surface area (Å²) >= 11 is 1.09. The molecule has 0 radical (unpaired) electrons. The number of para-hydroxylation sites is 1. The molecule has 0 atom stereocenters. The van der Waals surface area contributed by atoms with E-state index in [0.29, 0.717) is 0 Å². The van der Waals surface area contributed by atoms with Crippen LogP contribution in [0.25, 0.3) is 0 Å². The quantitative estimate of drug-likeness (QED) is 0.787. The number of fused-ring (bicyclic) bond motifs is 2. The predicted molar refractivity (Wildman–Crippen MR) is 92.1 cm³/mol. The molecular weight excluding hydrogens is 316 g/mol. The van der Waals surface area contributed by atoms with Crippen molar-refractivity contribution in [1.82, 2.24) is 0 Å². The Bertz CT molecular complexity index is 726. The van der Waals surface area contributed by atoms with Gasteiger partial charge in [-0.05, 0) is 36.8 Å². The van der Waals surface area contributed by atoms with Crippen molar-refractivity contribution < 1.29 is 8.42 Å². The highest BCUT2D eigenvalue weighted by Crippen LogP contribution is 2.47. The van der Waals surface area contributed by atoms with Gasteiger partial charge in [0.1, 0.15) is 0 Å². The van der Waals surface area contributed by atoms with E-state index in [9.17, 15) is 0 Å². The summed E-state index contributed by atoms with van der Waals surface area (Å²) < 4.78 is 16.6. The number of rotatable bonds is 2. The maximum atomic E-state index is 8.29. The van der Waals surface area contributed by atoms with Gasteiger partial charge in [0.2, 0.25) is 0 Å². The number of aliphatic imine (C=N–C) groups is 1. The van der Waals surface area contributed by atoms with Crippen molar-refractivity contribution >= 4 is 40.9 Å². The Morgan fingerprint density at radius 2 is 1.82 bits per heavy atom. The molecule has 2 aromatic carbocycles. The zero-order chi connectivity index (χ0) is 15.9. The highest BCUT2D eigenvalue weighted by molar-refractivity contribution is 7.99. The number of hydrogen-bond donors (Lipinski definition) is 0. The molecule has 0 unspecified atom stereocenters. The van der Waals surface area contributed by atoms with E-state index in [2.05, 4.69) is 59.3 Å². The second-order valence-corrected chi connectivity index (χ2v) is 5.72. The molecule has 0 saturated heterocycles. The Morgan fingerprint density at radius 1 is 1.14 bits per heavy atom. The topological polar surface area (TPSA) is 49.7 Å². The molecule has 0 N–H and O–H groups in total. The van der Waals surface area contributed by atoms with Gasteiger partial charge in [-0.3, -0.25) is 4.99 Å². The first kappa shape index (κ1) is 16.5. The summed E-state index contributed by atoms with van der Waals surface area (Å²) in [6.07, 6.45) is 1.90. The van der Waals surface area contributed by atoms with Crippen molar-refractivity contribution in [3.63, 3.8) is 0 Å². The van der Waals surface area contributed by atoms with Gasteiger partial charge in [0.05, 0.1) is 11.4 Å². The van der Waals surface area contributed by atoms with Crippen LogP contribution in [0.3, 0.4) is 0 Å². The highest BCUT2D eigenvalue weighted by atomic mass is 32.2. The van der Waals surface area contributed by atoms with Crippen LogP contribution in [0.5, 0.6) is 0 Å². The number of benzene rings is 2. The van der Waals surface area contributed by atoms with Gasteiger partial charge in [0, 0.05) is 29.6 Å². The minimum absolute atomic E-state index is 0.750. The van der Waals surface area contributed by atoms with Crippen molar-refractivity contribution in [2.75, 3.05) is 18.5 Å². The van der Waals surface area contributed by atoms with Crippen LogP contribution in [0.2, 0.25) is 0 Å². The number of anilines is 2. The third-order valence-corrected chi connectivity index (χ3v) is 4.36. The monoisotopic (exact) mass is 332 g/mol. The summed E-state index contributed by atoms with van der Waals surface area (Å²) in [4.78, 5) is 9.08. The Kier molecular flexibility index (Phi) is 5.91. The third-order valence-electron chi connectivity index (χ3n) is 3.25. The minimum Gasteiger partial charge on any atom is -0.340 e. The summed E-state index contributed by atoms with van der Waals surface area (Å²) in [6.45, 7) is 3.17. The SMILES string of the molecule is CCN1c2ccccc2Sc2cc(C=NC)ccc21.O=S=O. The first-order valence-electron chi connectivity index (χ1n) is 6.77. The molecule has 1 heterocycles. The van der Waals surface area contributed by atoms with Crippen LogP contribution in [0.4, 0.5) is 11.4 Å². The summed E-state index contributed by atoms with van der Waals surface area (Å²) in [5.74, 6) is 0. The molecule has 1 aliphatic rings. The Labute approximate surface area is 137 Å². The number of hydrogen-bond acceptors (Lipinski definition) is 5. The maximum Gasteiger partial charge on any atom is 0.335 e. The zero-order valence-electron chi connectivity index (χ0n) is 12.4. The fraction of sp³-hybridized carbons (Fsp3) is 0.188. The predicted octanol–water partition coefficient (Wildman–Crippen LogP) is 3.69. The maximum absolute atomic E-state index is 8.29. The van der Waals surface area contributed by atoms with Crippen molar-refractivity contribution in [3.05, 3.63) is 48.0 Å². The van der Waals surface area contributed by atoms with Crippen LogP contribution in [0.1, 0.15) is 12.5 Å². The van der Waals surface area contributed by atoms with E-state index in [-0.39, 0.29) is 0 Å². The van der Waals surface area contributed by atoms with Crippen LogP contribution in [0.15, 0.2) is 57.2 Å². The van der Waals surface area contributed by atoms with Crippen molar-refractivity contribution in [2.45, 2.75) is 16.7 Å². The van der Waals surface area contributed by atoms with E-state index < -0.39 is 11.6 Å². The molecule has 2 aromatic rings. The highest BCUT2D eigenvalue weighted by Gasteiger charge is 2.21. The van der Waals surface area contributed by atoms with Crippen molar-refractivity contribution in [3.8, 4) is 0 Å². The van der Waals surface area contributed by atoms with E-state index in [1.54, 1.807) is 7.05 Å². The van der Waals surface area contributed by atoms with E-state index in [1.807, 2.05) is 18.0 Å². The van der Waals surface area contributed by atoms with Crippen LogP contribution < -0.4 is 4.90 Å². The standard InChI is InChI=1S/C16H16N2S.O2S/c1-3-18-13-6-4-5-7-15(13)19-16-10-12(11-17-2)8-9-14(16)18;1-3-2/h4-11H,3H2,1-2H3;. The Hall–Kier alpha value is -1.92. The molecule has 0 aliphatic carbocycles. The summed E-state index contributed by atoms with van der Waals surface area (Å²) in [5, 5.41) is 0. The number of nitrogens with zero attached hydrogens (tertiary/aromatic N) is 2. The Morgan fingerprint density at radius 3 is 2.50 bits per heavy atom. The molecule has 22 heavy (non-hydrogen) atoms. The first-order valence-corrected chi connectivity index (χ1v) is 8.25. The lowest BCUT2D eigenvalue weighted by Crippen LogP contribution is -2.19. The fourth-order valence-electron chi connectivity index (χ4n) is 2.42. The lowest BCUT2D eigenvalue weighted by Gasteiger charge is -2.32. The molecule has 0 spiro atoms. The third kappa shape index (κ3) is 3.45. The molecule has 4 nitrogen and oxygen atoms in total. The zero-order valence-corrected chi connectivity index (χ0v) is 14.0. The molecule has 0 bridgehead atoms. The summed E-state index contributed by atoms with van der Waals surface area (Å²) in [5.41, 5.74) is 3.75. The summed E-state index contributed by atoms with van der Waals surface area (Å²) in [6, 6.07) is 15.1. The van der Waals surface area contributed by atoms with Crippen molar-refractivity contribution in [2.24, 2.45) is 4.99 Å². The average molecular weight is 332 g/mol. The van der Waals surface area contributed by atoms with E-state index >= 15 is 0 Å². The van der Waals surface area contributed by atoms with Crippen LogP contribution >= 0.6 is 11.8 Å². The smallest absolute Gasteiger partial charge is 0.335 e. The molecule has 0 amide bonds. The van der Waals surface area contributed by atoms with Gasteiger partial charge >= 0.3 is 11.6 Å². The average Bonchev–Trinajstić information content (AvgIpc) is 2.53. The van der Waals surface area contributed by atoms with Gasteiger partial charge in [0.25, 0.3) is 0 Å². The normalized spacial score (nSPS) is 12.2. The van der Waals surface area contributed by atoms with E-state index in [4.69, 9.17) is 8.42 Å². The molecule has 0 saturated carbocycles. The molecule has 3 rings (SSSR count). The first-order chi connectivity index (χ1) is 10.7. The second kappa shape index (κ2) is 7.91. The van der Waals surface area contributed by atoms with E-state index in [1.165, 1.54) is 21.2 Å². The minimum atomic E-state index is -0.750. The molecule has 6 heteroatoms. The van der Waals surface area contributed by atoms with Crippen LogP contribution in [-0.2, 0) is 11.6 Å². The van der Waals surface area contributed by atoms with Crippen LogP contribution in [-0.4, -0.2) is 28.2 Å². The summed E-state index contributed by atoms with van der Waals surface area (Å²) in [7, 11) is 1.81. The second-order valence-electron chi connectivity index (χ2n) is 4.50. The Balaban J connectivity index is 0.000000545. The van der Waals surface area contributed by atoms with Gasteiger partial charge in [-0.2, -0.15) is 8.42 Å². The molecule has 0 aromatic heterocycles. The molecule has 1 aliphatic heterocycles. The lowest BCUT2D eigenvalue weighted by molar-refractivity contribution is 0.630. The van der Waals surface area contributed by atoms with Gasteiger partial charge in [0.15, 0.2) is 0 Å². The van der Waals surface area contributed by atoms with Gasteiger partial charge in [-0.15, -0.1) is 0 Å². The largest absolute Gasteiger partial charge is 0.340 e. The molecule has 0 fully saturated rings. The van der Waals surface area contributed by atoms with Gasteiger partial charge < -0.3 is 4.90 Å².